The number of amides is 1. The number of hydrogen-bond donors (Lipinski definition) is 2. The number of aliphatic carboxylic acids is 1. The number of nitrogens with zero attached hydrogens (tertiary/aromatic N) is 3. The van der Waals surface area contributed by atoms with Gasteiger partial charge in [0.25, 0.3) is 5.91 Å². The second-order valence-corrected chi connectivity index (χ2v) is 4.98. The zero-order valence-corrected chi connectivity index (χ0v) is 10.7. The third-order valence-electron chi connectivity index (χ3n) is 3.47. The number of nitrogens with one attached hydrogen (secondary N) is 1. The van der Waals surface area contributed by atoms with Gasteiger partial charge < -0.3 is 10.4 Å². The minimum absolute atomic E-state index is 0.0477. The maximum Gasteiger partial charge on any atom is 0.305 e. The fourth-order valence-corrected chi connectivity index (χ4v) is 2.28. The normalized spacial score (nSPS) is 16.0. The van der Waals surface area contributed by atoms with Crippen molar-refractivity contribution < 1.29 is 14.7 Å². The van der Waals surface area contributed by atoms with Crippen LogP contribution in [0.2, 0.25) is 0 Å². The zero-order valence-electron chi connectivity index (χ0n) is 10.7. The van der Waals surface area contributed by atoms with Crippen LogP contribution < -0.4 is 5.32 Å². The fourth-order valence-electron chi connectivity index (χ4n) is 2.28. The molecule has 1 fully saturated rings. The molecule has 0 bridgehead atoms. The van der Waals surface area contributed by atoms with Gasteiger partial charge in [-0.1, -0.05) is 0 Å². The Morgan fingerprint density at radius 3 is 2.95 bits per heavy atom. The van der Waals surface area contributed by atoms with Crippen LogP contribution in [0.5, 0.6) is 0 Å². The minimum atomic E-state index is -0.899. The van der Waals surface area contributed by atoms with Crippen LogP contribution in [0.4, 0.5) is 0 Å². The monoisotopic (exact) mass is 274 g/mol. The second kappa shape index (κ2) is 4.92. The van der Waals surface area contributed by atoms with Gasteiger partial charge in [0.2, 0.25) is 0 Å². The first-order chi connectivity index (χ1) is 9.65. The van der Waals surface area contributed by atoms with Crippen LogP contribution in [-0.2, 0) is 4.79 Å². The van der Waals surface area contributed by atoms with E-state index in [2.05, 4.69) is 15.4 Å². The minimum Gasteiger partial charge on any atom is -0.481 e. The average molecular weight is 274 g/mol. The predicted molar refractivity (Wildman–Crippen MR) is 69.2 cm³/mol. The van der Waals surface area contributed by atoms with E-state index in [-0.39, 0.29) is 24.3 Å². The summed E-state index contributed by atoms with van der Waals surface area (Å²) in [5.41, 5.74) is 1.02. The molecule has 2 aromatic heterocycles. The Hall–Kier alpha value is -2.44. The highest BCUT2D eigenvalue weighted by atomic mass is 16.4. The molecule has 1 saturated carbocycles. The molecule has 1 atom stereocenters. The van der Waals surface area contributed by atoms with Gasteiger partial charge >= 0.3 is 5.97 Å². The van der Waals surface area contributed by atoms with Gasteiger partial charge in [-0.15, -0.1) is 0 Å². The quantitative estimate of drug-likeness (QED) is 0.837. The summed E-state index contributed by atoms with van der Waals surface area (Å²) in [6, 6.07) is -0.313. The van der Waals surface area contributed by atoms with Gasteiger partial charge in [-0.25, -0.2) is 4.52 Å². The fraction of sp³-hybridized carbons (Fsp3) is 0.385. The topological polar surface area (TPSA) is 96.6 Å². The lowest BCUT2D eigenvalue weighted by Gasteiger charge is -2.15. The van der Waals surface area contributed by atoms with Crippen molar-refractivity contribution in [2.45, 2.75) is 25.3 Å². The van der Waals surface area contributed by atoms with E-state index in [9.17, 15) is 9.59 Å². The lowest BCUT2D eigenvalue weighted by Crippen LogP contribution is -2.38. The number of rotatable bonds is 5. The number of carboxylic acid groups (broad SMARTS) is 1. The van der Waals surface area contributed by atoms with Gasteiger partial charge in [-0.05, 0) is 18.8 Å². The van der Waals surface area contributed by atoms with E-state index in [0.29, 0.717) is 11.1 Å². The van der Waals surface area contributed by atoms with Crippen molar-refractivity contribution in [2.24, 2.45) is 5.92 Å². The second-order valence-electron chi connectivity index (χ2n) is 4.98. The van der Waals surface area contributed by atoms with E-state index >= 15 is 0 Å². The average Bonchev–Trinajstić information content (AvgIpc) is 3.16. The highest BCUT2D eigenvalue weighted by molar-refractivity contribution is 6.00. The molecule has 1 amide bonds. The molecule has 7 heteroatoms. The molecule has 1 aliphatic rings. The molecule has 0 spiro atoms. The van der Waals surface area contributed by atoms with Crippen molar-refractivity contribution in [2.75, 3.05) is 0 Å². The van der Waals surface area contributed by atoms with Crippen LogP contribution >= 0.6 is 0 Å². The molecule has 1 unspecified atom stereocenters. The molecular formula is C13H14N4O3. The van der Waals surface area contributed by atoms with Gasteiger partial charge in [-0.2, -0.15) is 5.10 Å². The molecule has 2 N–H and O–H groups in total. The molecule has 0 radical (unpaired) electrons. The number of carboxylic acids is 1. The van der Waals surface area contributed by atoms with Gasteiger partial charge in [0.05, 0.1) is 29.9 Å². The van der Waals surface area contributed by atoms with Crippen LogP contribution in [0.3, 0.4) is 0 Å². The van der Waals surface area contributed by atoms with E-state index in [1.807, 2.05) is 0 Å². The third kappa shape index (κ3) is 2.47. The maximum absolute atomic E-state index is 12.3. The van der Waals surface area contributed by atoms with Crippen LogP contribution in [0.1, 0.15) is 29.6 Å². The Labute approximate surface area is 114 Å². The van der Waals surface area contributed by atoms with Crippen LogP contribution in [0, 0.1) is 5.92 Å². The van der Waals surface area contributed by atoms with E-state index in [1.54, 1.807) is 23.1 Å². The molecule has 1 aliphatic carbocycles. The lowest BCUT2D eigenvalue weighted by atomic mass is 10.1. The highest BCUT2D eigenvalue weighted by Crippen LogP contribution is 2.34. The number of fused-ring (bicyclic) bond motifs is 1. The summed E-state index contributed by atoms with van der Waals surface area (Å²) < 4.78 is 1.56. The molecule has 104 valence electrons. The third-order valence-corrected chi connectivity index (χ3v) is 3.47. The number of carbonyl (C=O) groups excluding carboxylic acids is 1. The largest absolute Gasteiger partial charge is 0.481 e. The molecule has 7 nitrogen and oxygen atoms in total. The van der Waals surface area contributed by atoms with Crippen molar-refractivity contribution in [3.63, 3.8) is 0 Å². The first kappa shape index (κ1) is 12.6. The van der Waals surface area contributed by atoms with Crippen molar-refractivity contribution >= 4 is 17.4 Å². The van der Waals surface area contributed by atoms with Crippen molar-refractivity contribution in [3.8, 4) is 0 Å². The summed E-state index contributed by atoms with van der Waals surface area (Å²) in [4.78, 5) is 27.1. The summed E-state index contributed by atoms with van der Waals surface area (Å²) in [7, 11) is 0. The molecule has 2 aromatic rings. The van der Waals surface area contributed by atoms with Gasteiger partial charge in [0, 0.05) is 18.4 Å². The Kier molecular flexibility index (Phi) is 3.09. The van der Waals surface area contributed by atoms with E-state index in [4.69, 9.17) is 5.11 Å². The van der Waals surface area contributed by atoms with Crippen molar-refractivity contribution in [1.29, 1.82) is 0 Å². The molecule has 0 aliphatic heterocycles. The molecule has 0 aromatic carbocycles. The zero-order chi connectivity index (χ0) is 14.1. The molecule has 2 heterocycles. The van der Waals surface area contributed by atoms with Crippen molar-refractivity contribution in [3.05, 3.63) is 30.4 Å². The number of hydrogen-bond acceptors (Lipinski definition) is 4. The smallest absolute Gasteiger partial charge is 0.305 e. The van der Waals surface area contributed by atoms with E-state index in [0.717, 1.165) is 12.8 Å². The first-order valence-corrected chi connectivity index (χ1v) is 6.45. The summed E-state index contributed by atoms with van der Waals surface area (Å²) in [5.74, 6) is -0.926. The summed E-state index contributed by atoms with van der Waals surface area (Å²) in [6.07, 6.45) is 8.15. The summed E-state index contributed by atoms with van der Waals surface area (Å²) >= 11 is 0. The van der Waals surface area contributed by atoms with Crippen LogP contribution in [0.15, 0.2) is 24.8 Å². The van der Waals surface area contributed by atoms with E-state index in [1.165, 1.54) is 6.20 Å². The standard InChI is InChI=1S/C13H14N4O3/c18-12(19)5-10(8-1-2-8)16-13(20)9-6-15-17-4-3-14-7-11(9)17/h3-4,6-8,10H,1-2,5H2,(H,16,20)(H,18,19). The Balaban J connectivity index is 1.79. The Morgan fingerprint density at radius 1 is 1.45 bits per heavy atom. The summed E-state index contributed by atoms with van der Waals surface area (Å²) in [5, 5.41) is 15.8. The molecule has 20 heavy (non-hydrogen) atoms. The summed E-state index contributed by atoms with van der Waals surface area (Å²) in [6.45, 7) is 0. The maximum atomic E-state index is 12.3. The molecular weight excluding hydrogens is 260 g/mol. The van der Waals surface area contributed by atoms with Crippen LogP contribution in [-0.4, -0.2) is 37.6 Å². The van der Waals surface area contributed by atoms with Crippen LogP contribution in [0.25, 0.3) is 5.52 Å². The molecule has 0 saturated heterocycles. The Bertz CT molecular complexity index is 662. The number of carbonyl (C=O) groups is 2. The highest BCUT2D eigenvalue weighted by Gasteiger charge is 2.34. The number of aromatic nitrogens is 3. The van der Waals surface area contributed by atoms with Crippen molar-refractivity contribution in [1.82, 2.24) is 19.9 Å². The van der Waals surface area contributed by atoms with Gasteiger partial charge in [0.15, 0.2) is 0 Å². The van der Waals surface area contributed by atoms with Gasteiger partial charge in [-0.3, -0.25) is 14.6 Å². The van der Waals surface area contributed by atoms with Gasteiger partial charge in [0.1, 0.15) is 0 Å². The lowest BCUT2D eigenvalue weighted by molar-refractivity contribution is -0.137. The molecule has 3 rings (SSSR count). The SMILES string of the molecule is O=C(O)CC(NC(=O)c1cnn2ccncc12)C1CC1. The predicted octanol–water partition coefficient (Wildman–Crippen LogP) is 0.712. The Morgan fingerprint density at radius 2 is 2.25 bits per heavy atom. The van der Waals surface area contributed by atoms with E-state index < -0.39 is 5.97 Å². The first-order valence-electron chi connectivity index (χ1n) is 6.45.